The van der Waals surface area contributed by atoms with Crippen LogP contribution in [0.2, 0.25) is 0 Å². The molecule has 2 heteroatoms. The molecule has 2 N–H and O–H groups in total. The normalized spacial score (nSPS) is 38.4. The van der Waals surface area contributed by atoms with Crippen molar-refractivity contribution in [1.29, 1.82) is 0 Å². The van der Waals surface area contributed by atoms with Crippen LogP contribution in [0.4, 0.5) is 0 Å². The van der Waals surface area contributed by atoms with Crippen molar-refractivity contribution in [3.8, 4) is 0 Å². The van der Waals surface area contributed by atoms with Crippen LogP contribution in [0.5, 0.6) is 0 Å². The third-order valence-corrected chi connectivity index (χ3v) is 3.75. The number of piperidine rings is 1. The summed E-state index contributed by atoms with van der Waals surface area (Å²) in [7, 11) is 0. The summed E-state index contributed by atoms with van der Waals surface area (Å²) in [6, 6.07) is 2.23. The van der Waals surface area contributed by atoms with Crippen LogP contribution in [-0.2, 0) is 0 Å². The Morgan fingerprint density at radius 3 is 2.71 bits per heavy atom. The summed E-state index contributed by atoms with van der Waals surface area (Å²) in [6.07, 6.45) is 7.03. The molecular formula is C12H24N2. The maximum atomic E-state index is 3.74. The molecule has 1 aliphatic heterocycles. The van der Waals surface area contributed by atoms with Crippen molar-refractivity contribution in [2.24, 2.45) is 5.92 Å². The Labute approximate surface area is 87.8 Å². The van der Waals surface area contributed by atoms with Gasteiger partial charge in [0.15, 0.2) is 0 Å². The quantitative estimate of drug-likeness (QED) is 0.705. The molecule has 2 rings (SSSR count). The van der Waals surface area contributed by atoms with Gasteiger partial charge in [-0.15, -0.1) is 0 Å². The van der Waals surface area contributed by atoms with Gasteiger partial charge in [0.05, 0.1) is 0 Å². The average Bonchev–Trinajstić information content (AvgIpc) is 2.18. The molecule has 1 saturated carbocycles. The number of hydrogen-bond acceptors (Lipinski definition) is 2. The van der Waals surface area contributed by atoms with E-state index in [0.717, 1.165) is 18.0 Å². The molecule has 0 radical (unpaired) electrons. The fraction of sp³-hybridized carbons (Fsp3) is 1.00. The molecule has 1 heterocycles. The Morgan fingerprint density at radius 1 is 1.14 bits per heavy atom. The lowest BCUT2D eigenvalue weighted by Gasteiger charge is -2.43. The van der Waals surface area contributed by atoms with Gasteiger partial charge in [0.1, 0.15) is 0 Å². The summed E-state index contributed by atoms with van der Waals surface area (Å²) >= 11 is 0. The van der Waals surface area contributed by atoms with Crippen LogP contribution >= 0.6 is 0 Å². The Hall–Kier alpha value is -0.0800. The van der Waals surface area contributed by atoms with E-state index >= 15 is 0 Å². The summed E-state index contributed by atoms with van der Waals surface area (Å²) in [5, 5.41) is 7.43. The monoisotopic (exact) mass is 196 g/mol. The number of fused-ring (bicyclic) bond motifs is 1. The van der Waals surface area contributed by atoms with Crippen molar-refractivity contribution >= 4 is 0 Å². The van der Waals surface area contributed by atoms with Crippen molar-refractivity contribution in [2.75, 3.05) is 6.54 Å². The minimum Gasteiger partial charge on any atom is -0.314 e. The highest BCUT2D eigenvalue weighted by molar-refractivity contribution is 4.93. The average molecular weight is 196 g/mol. The highest BCUT2D eigenvalue weighted by Crippen LogP contribution is 2.30. The molecule has 0 amide bonds. The maximum Gasteiger partial charge on any atom is 0.0125 e. The number of hydrogen-bond donors (Lipinski definition) is 2. The molecule has 82 valence electrons. The van der Waals surface area contributed by atoms with Gasteiger partial charge in [-0.05, 0) is 31.7 Å². The Balaban J connectivity index is 1.94. The maximum absolute atomic E-state index is 3.74. The van der Waals surface area contributed by atoms with E-state index in [1.807, 2.05) is 0 Å². The van der Waals surface area contributed by atoms with Crippen LogP contribution in [0.3, 0.4) is 0 Å². The largest absolute Gasteiger partial charge is 0.314 e. The van der Waals surface area contributed by atoms with E-state index in [-0.39, 0.29) is 0 Å². The smallest absolute Gasteiger partial charge is 0.0125 e. The standard InChI is InChI=1S/C12H24N2/c1-9(2)14-12-7-8-13-11-6-4-3-5-10(11)12/h9-14H,3-8H2,1-2H3/t10-,11-,12+/m0/s1. The second-order valence-corrected chi connectivity index (χ2v) is 5.23. The first-order chi connectivity index (χ1) is 6.77. The van der Waals surface area contributed by atoms with Gasteiger partial charge in [-0.2, -0.15) is 0 Å². The molecule has 3 atom stereocenters. The lowest BCUT2D eigenvalue weighted by molar-refractivity contribution is 0.155. The van der Waals surface area contributed by atoms with E-state index in [1.54, 1.807) is 0 Å². The lowest BCUT2D eigenvalue weighted by Crippen LogP contribution is -2.55. The predicted octanol–water partition coefficient (Wildman–Crippen LogP) is 1.91. The topological polar surface area (TPSA) is 24.1 Å². The zero-order chi connectivity index (χ0) is 9.97. The minimum atomic E-state index is 0.640. The molecule has 2 nitrogen and oxygen atoms in total. The van der Waals surface area contributed by atoms with E-state index in [1.165, 1.54) is 38.6 Å². The van der Waals surface area contributed by atoms with Gasteiger partial charge < -0.3 is 10.6 Å². The molecule has 0 aromatic carbocycles. The van der Waals surface area contributed by atoms with Gasteiger partial charge in [0, 0.05) is 18.1 Å². The molecule has 0 bridgehead atoms. The first-order valence-corrected chi connectivity index (χ1v) is 6.27. The molecule has 0 aromatic heterocycles. The third-order valence-electron chi connectivity index (χ3n) is 3.75. The molecule has 0 spiro atoms. The van der Waals surface area contributed by atoms with Gasteiger partial charge >= 0.3 is 0 Å². The number of nitrogens with one attached hydrogen (secondary N) is 2. The molecule has 0 aromatic rings. The van der Waals surface area contributed by atoms with E-state index in [0.29, 0.717) is 6.04 Å². The predicted molar refractivity (Wildman–Crippen MR) is 60.4 cm³/mol. The van der Waals surface area contributed by atoms with Crippen LogP contribution in [0.1, 0.15) is 46.0 Å². The van der Waals surface area contributed by atoms with E-state index < -0.39 is 0 Å². The van der Waals surface area contributed by atoms with Crippen molar-refractivity contribution < 1.29 is 0 Å². The van der Waals surface area contributed by atoms with Crippen molar-refractivity contribution in [3.05, 3.63) is 0 Å². The fourth-order valence-electron chi connectivity index (χ4n) is 3.17. The van der Waals surface area contributed by atoms with Crippen molar-refractivity contribution in [3.63, 3.8) is 0 Å². The Bertz CT molecular complexity index is 177. The molecular weight excluding hydrogens is 172 g/mol. The fourth-order valence-corrected chi connectivity index (χ4v) is 3.17. The van der Waals surface area contributed by atoms with Crippen LogP contribution in [-0.4, -0.2) is 24.7 Å². The molecule has 2 aliphatic rings. The van der Waals surface area contributed by atoms with Gasteiger partial charge in [-0.3, -0.25) is 0 Å². The molecule has 14 heavy (non-hydrogen) atoms. The third kappa shape index (κ3) is 2.29. The van der Waals surface area contributed by atoms with Crippen molar-refractivity contribution in [2.45, 2.75) is 64.1 Å². The summed E-state index contributed by atoms with van der Waals surface area (Å²) in [5.74, 6) is 0.903. The summed E-state index contributed by atoms with van der Waals surface area (Å²) in [6.45, 7) is 5.74. The highest BCUT2D eigenvalue weighted by atomic mass is 15.0. The Kier molecular flexibility index (Phi) is 3.45. The lowest BCUT2D eigenvalue weighted by atomic mass is 9.76. The first kappa shape index (κ1) is 10.4. The SMILES string of the molecule is CC(C)N[C@@H]1CCN[C@H]2CCCC[C@@H]21. The van der Waals surface area contributed by atoms with Crippen LogP contribution in [0.15, 0.2) is 0 Å². The van der Waals surface area contributed by atoms with Gasteiger partial charge in [-0.25, -0.2) is 0 Å². The molecule has 0 unspecified atom stereocenters. The first-order valence-electron chi connectivity index (χ1n) is 6.27. The summed E-state index contributed by atoms with van der Waals surface area (Å²) < 4.78 is 0. The van der Waals surface area contributed by atoms with E-state index in [2.05, 4.69) is 24.5 Å². The van der Waals surface area contributed by atoms with Gasteiger partial charge in [-0.1, -0.05) is 26.7 Å². The second-order valence-electron chi connectivity index (χ2n) is 5.23. The molecule has 1 aliphatic carbocycles. The summed E-state index contributed by atoms with van der Waals surface area (Å²) in [5.41, 5.74) is 0. The van der Waals surface area contributed by atoms with E-state index in [9.17, 15) is 0 Å². The zero-order valence-corrected chi connectivity index (χ0v) is 9.55. The molecule has 1 saturated heterocycles. The second kappa shape index (κ2) is 4.63. The van der Waals surface area contributed by atoms with Crippen LogP contribution in [0.25, 0.3) is 0 Å². The van der Waals surface area contributed by atoms with Crippen LogP contribution in [0, 0.1) is 5.92 Å². The van der Waals surface area contributed by atoms with Gasteiger partial charge in [0.2, 0.25) is 0 Å². The Morgan fingerprint density at radius 2 is 1.93 bits per heavy atom. The van der Waals surface area contributed by atoms with Crippen LogP contribution < -0.4 is 10.6 Å². The molecule has 2 fully saturated rings. The highest BCUT2D eigenvalue weighted by Gasteiger charge is 2.34. The number of rotatable bonds is 2. The van der Waals surface area contributed by atoms with E-state index in [4.69, 9.17) is 0 Å². The van der Waals surface area contributed by atoms with Gasteiger partial charge in [0.25, 0.3) is 0 Å². The summed E-state index contributed by atoms with van der Waals surface area (Å²) in [4.78, 5) is 0. The zero-order valence-electron chi connectivity index (χ0n) is 9.55. The minimum absolute atomic E-state index is 0.640. The van der Waals surface area contributed by atoms with Crippen molar-refractivity contribution in [1.82, 2.24) is 10.6 Å².